The van der Waals surface area contributed by atoms with E-state index in [2.05, 4.69) is 11.9 Å². The van der Waals surface area contributed by atoms with Crippen molar-refractivity contribution in [2.45, 2.75) is 19.4 Å². The molecule has 2 N–H and O–H groups in total. The van der Waals surface area contributed by atoms with Crippen LogP contribution in [0.3, 0.4) is 0 Å². The maximum atomic E-state index is 10.7. The molecule has 114 valence electrons. The van der Waals surface area contributed by atoms with E-state index >= 15 is 0 Å². The van der Waals surface area contributed by atoms with Gasteiger partial charge in [0.25, 0.3) is 5.69 Å². The normalized spacial score (nSPS) is 11.7. The Bertz CT molecular complexity index is 681. The second-order valence-corrected chi connectivity index (χ2v) is 5.09. The molecular weight excluding hydrogens is 280 g/mol. The van der Waals surface area contributed by atoms with Gasteiger partial charge in [-0.25, -0.2) is 0 Å². The third kappa shape index (κ3) is 3.63. The fourth-order valence-electron chi connectivity index (χ4n) is 2.23. The van der Waals surface area contributed by atoms with Gasteiger partial charge < -0.3 is 10.4 Å². The molecule has 0 amide bonds. The number of nitrogens with one attached hydrogen (secondary N) is 1. The Labute approximate surface area is 129 Å². The Morgan fingerprint density at radius 1 is 1.32 bits per heavy atom. The fourth-order valence-corrected chi connectivity index (χ4v) is 2.23. The van der Waals surface area contributed by atoms with Crippen LogP contribution < -0.4 is 5.32 Å². The average molecular weight is 298 g/mol. The molecule has 2 aromatic carbocycles. The number of hydrogen-bond acceptors (Lipinski definition) is 4. The number of hydrogen-bond donors (Lipinski definition) is 2. The van der Waals surface area contributed by atoms with Crippen LogP contribution in [-0.2, 0) is 0 Å². The zero-order valence-corrected chi connectivity index (χ0v) is 12.3. The van der Waals surface area contributed by atoms with Crippen LogP contribution in [0.15, 0.2) is 55.1 Å². The number of nitro groups is 1. The topological polar surface area (TPSA) is 75.4 Å². The summed E-state index contributed by atoms with van der Waals surface area (Å²) < 4.78 is 0. The van der Waals surface area contributed by atoms with Crippen LogP contribution in [0.2, 0.25) is 0 Å². The van der Waals surface area contributed by atoms with Crippen LogP contribution in [0.4, 0.5) is 11.4 Å². The summed E-state index contributed by atoms with van der Waals surface area (Å²) in [6, 6.07) is 11.6. The van der Waals surface area contributed by atoms with Crippen LogP contribution in [0, 0.1) is 17.0 Å². The molecule has 22 heavy (non-hydrogen) atoms. The van der Waals surface area contributed by atoms with E-state index in [-0.39, 0.29) is 17.5 Å². The van der Waals surface area contributed by atoms with E-state index in [0.717, 1.165) is 11.1 Å². The van der Waals surface area contributed by atoms with E-state index in [0.29, 0.717) is 12.1 Å². The van der Waals surface area contributed by atoms with Crippen molar-refractivity contribution in [2.75, 3.05) is 5.32 Å². The van der Waals surface area contributed by atoms with Crippen molar-refractivity contribution in [1.29, 1.82) is 0 Å². The summed E-state index contributed by atoms with van der Waals surface area (Å²) in [6.07, 6.45) is 2.40. The van der Waals surface area contributed by atoms with Crippen molar-refractivity contribution >= 4 is 11.4 Å². The van der Waals surface area contributed by atoms with Gasteiger partial charge >= 0.3 is 0 Å². The predicted molar refractivity (Wildman–Crippen MR) is 87.1 cm³/mol. The highest BCUT2D eigenvalue weighted by Crippen LogP contribution is 2.30. The van der Waals surface area contributed by atoms with Crippen molar-refractivity contribution in [3.05, 3.63) is 76.4 Å². The minimum Gasteiger partial charge on any atom is -0.506 e. The first kappa shape index (κ1) is 15.6. The van der Waals surface area contributed by atoms with Crippen molar-refractivity contribution in [2.24, 2.45) is 0 Å². The smallest absolute Gasteiger partial charge is 0.269 e. The molecular formula is C17H18N2O3. The zero-order valence-electron chi connectivity index (χ0n) is 12.3. The van der Waals surface area contributed by atoms with Gasteiger partial charge in [-0.1, -0.05) is 24.3 Å². The Balaban J connectivity index is 2.27. The molecule has 0 aromatic heterocycles. The van der Waals surface area contributed by atoms with E-state index < -0.39 is 4.92 Å². The number of anilines is 1. The van der Waals surface area contributed by atoms with Gasteiger partial charge in [-0.15, -0.1) is 6.58 Å². The number of non-ortho nitro benzene ring substituents is 1. The summed E-state index contributed by atoms with van der Waals surface area (Å²) in [6.45, 7) is 5.69. The van der Waals surface area contributed by atoms with Crippen LogP contribution in [0.25, 0.3) is 0 Å². The van der Waals surface area contributed by atoms with E-state index in [1.165, 1.54) is 12.1 Å². The number of phenols is 1. The fraction of sp³-hybridized carbons (Fsp3) is 0.176. The lowest BCUT2D eigenvalue weighted by atomic mass is 10.0. The molecule has 0 aliphatic heterocycles. The standard InChI is InChI=1S/C17H18N2O3/c1-3-4-15(13-6-8-14(9-7-13)19(21)22)18-16-11-12(2)5-10-17(16)20/h3,5-11,15,18,20H,1,4H2,2H3/t15-/m1/s1. The number of aryl methyl sites for hydroxylation is 1. The van der Waals surface area contributed by atoms with Crippen LogP contribution >= 0.6 is 0 Å². The molecule has 0 spiro atoms. The number of phenolic OH excluding ortho intramolecular Hbond substituents is 1. The molecule has 2 aromatic rings. The minimum atomic E-state index is -0.425. The maximum Gasteiger partial charge on any atom is 0.269 e. The molecule has 0 radical (unpaired) electrons. The Morgan fingerprint density at radius 2 is 2.00 bits per heavy atom. The van der Waals surface area contributed by atoms with Gasteiger partial charge in [0, 0.05) is 12.1 Å². The SMILES string of the molecule is C=CC[C@@H](Nc1cc(C)ccc1O)c1ccc([N+](=O)[O-])cc1. The molecule has 5 heteroatoms. The lowest BCUT2D eigenvalue weighted by Gasteiger charge is -2.20. The molecule has 1 atom stereocenters. The molecule has 2 rings (SSSR count). The Morgan fingerprint density at radius 3 is 2.59 bits per heavy atom. The first-order chi connectivity index (χ1) is 10.5. The van der Waals surface area contributed by atoms with Crippen molar-refractivity contribution in [1.82, 2.24) is 0 Å². The summed E-state index contributed by atoms with van der Waals surface area (Å²) in [5, 5.41) is 23.9. The molecule has 0 fully saturated rings. The van der Waals surface area contributed by atoms with Gasteiger partial charge in [-0.3, -0.25) is 10.1 Å². The van der Waals surface area contributed by atoms with Gasteiger partial charge in [0.15, 0.2) is 0 Å². The Hall–Kier alpha value is -2.82. The predicted octanol–water partition coefficient (Wildman–Crippen LogP) is 4.34. The molecule has 0 bridgehead atoms. The third-order valence-electron chi connectivity index (χ3n) is 3.39. The quantitative estimate of drug-likeness (QED) is 0.360. The van der Waals surface area contributed by atoms with Gasteiger partial charge in [0.05, 0.1) is 16.7 Å². The summed E-state index contributed by atoms with van der Waals surface area (Å²) in [5.74, 6) is 0.168. The van der Waals surface area contributed by atoms with Crippen molar-refractivity contribution in [3.8, 4) is 5.75 Å². The number of benzene rings is 2. The van der Waals surface area contributed by atoms with E-state index in [9.17, 15) is 15.2 Å². The molecule has 0 saturated carbocycles. The minimum absolute atomic E-state index is 0.0551. The number of rotatable bonds is 6. The van der Waals surface area contributed by atoms with E-state index in [4.69, 9.17) is 0 Å². The second kappa shape index (κ2) is 6.76. The summed E-state index contributed by atoms with van der Waals surface area (Å²) in [4.78, 5) is 10.3. The largest absolute Gasteiger partial charge is 0.506 e. The van der Waals surface area contributed by atoms with Gasteiger partial charge in [0.1, 0.15) is 5.75 Å². The maximum absolute atomic E-state index is 10.7. The highest BCUT2D eigenvalue weighted by atomic mass is 16.6. The molecule has 5 nitrogen and oxygen atoms in total. The first-order valence-electron chi connectivity index (χ1n) is 6.92. The number of nitro benzene ring substituents is 1. The molecule has 0 heterocycles. The lowest BCUT2D eigenvalue weighted by Crippen LogP contribution is -2.10. The summed E-state index contributed by atoms with van der Waals surface area (Å²) in [7, 11) is 0. The lowest BCUT2D eigenvalue weighted by molar-refractivity contribution is -0.384. The van der Waals surface area contributed by atoms with Crippen molar-refractivity contribution < 1.29 is 10.0 Å². The van der Waals surface area contributed by atoms with Gasteiger partial charge in [-0.2, -0.15) is 0 Å². The van der Waals surface area contributed by atoms with Crippen molar-refractivity contribution in [3.63, 3.8) is 0 Å². The molecule has 0 aliphatic rings. The van der Waals surface area contributed by atoms with E-state index in [1.54, 1.807) is 24.3 Å². The molecule has 0 unspecified atom stereocenters. The Kier molecular flexibility index (Phi) is 4.78. The molecule has 0 aliphatic carbocycles. The number of nitrogens with zero attached hydrogens (tertiary/aromatic N) is 1. The first-order valence-corrected chi connectivity index (χ1v) is 6.92. The van der Waals surface area contributed by atoms with Crippen LogP contribution in [0.5, 0.6) is 5.75 Å². The van der Waals surface area contributed by atoms with Crippen LogP contribution in [-0.4, -0.2) is 10.0 Å². The van der Waals surface area contributed by atoms with E-state index in [1.807, 2.05) is 19.1 Å². The van der Waals surface area contributed by atoms with Gasteiger partial charge in [-0.05, 0) is 36.6 Å². The highest BCUT2D eigenvalue weighted by molar-refractivity contribution is 5.58. The second-order valence-electron chi connectivity index (χ2n) is 5.09. The molecule has 0 saturated heterocycles. The number of aromatic hydroxyl groups is 1. The highest BCUT2D eigenvalue weighted by Gasteiger charge is 2.14. The zero-order chi connectivity index (χ0) is 16.1. The summed E-state index contributed by atoms with van der Waals surface area (Å²) >= 11 is 0. The average Bonchev–Trinajstić information content (AvgIpc) is 2.50. The summed E-state index contributed by atoms with van der Waals surface area (Å²) in [5.41, 5.74) is 2.61. The van der Waals surface area contributed by atoms with Gasteiger partial charge in [0.2, 0.25) is 0 Å². The monoisotopic (exact) mass is 298 g/mol. The van der Waals surface area contributed by atoms with Crippen LogP contribution in [0.1, 0.15) is 23.6 Å². The third-order valence-corrected chi connectivity index (χ3v) is 3.39.